The lowest BCUT2D eigenvalue weighted by molar-refractivity contribution is -0.250. The van der Waals surface area contributed by atoms with E-state index in [4.69, 9.17) is 14.2 Å². The Labute approximate surface area is 252 Å². The highest BCUT2D eigenvalue weighted by Gasteiger charge is 2.50. The van der Waals surface area contributed by atoms with Gasteiger partial charge < -0.3 is 45.1 Å². The van der Waals surface area contributed by atoms with Gasteiger partial charge in [0.15, 0.2) is 17.9 Å². The molecule has 0 aromatic heterocycles. The van der Waals surface area contributed by atoms with Crippen LogP contribution in [0.2, 0.25) is 0 Å². The number of rotatable bonds is 7. The summed E-state index contributed by atoms with van der Waals surface area (Å²) in [6, 6.07) is 3.91. The van der Waals surface area contributed by atoms with Crippen LogP contribution >= 0.6 is 0 Å². The molecule has 4 aliphatic rings. The molecule has 0 saturated carbocycles. The van der Waals surface area contributed by atoms with E-state index in [0.29, 0.717) is 6.42 Å². The number of ketones is 3. The summed E-state index contributed by atoms with van der Waals surface area (Å²) in [5.74, 6) is -3.71. The molecular weight excluding hydrogens is 576 g/mol. The maximum atomic E-state index is 13.8. The molecule has 2 aromatic carbocycles. The molecule has 234 valence electrons. The number of ether oxygens (including phenoxy) is 3. The maximum Gasteiger partial charge on any atom is 0.202 e. The average Bonchev–Trinajstić information content (AvgIpc) is 3.52. The summed E-state index contributed by atoms with van der Waals surface area (Å²) >= 11 is 0. The van der Waals surface area contributed by atoms with Crippen molar-refractivity contribution in [3.63, 3.8) is 0 Å². The van der Waals surface area contributed by atoms with Gasteiger partial charge in [-0.05, 0) is 19.2 Å². The van der Waals surface area contributed by atoms with Crippen molar-refractivity contribution in [2.24, 2.45) is 0 Å². The first-order valence-electron chi connectivity index (χ1n) is 14.4. The Balaban J connectivity index is 1.43. The fourth-order valence-corrected chi connectivity index (χ4v) is 6.71. The van der Waals surface area contributed by atoms with E-state index in [1.54, 1.807) is 13.1 Å². The number of aliphatic hydroxyl groups is 3. The van der Waals surface area contributed by atoms with Crippen LogP contribution in [0.15, 0.2) is 30.5 Å². The first kappa shape index (κ1) is 30.2. The van der Waals surface area contributed by atoms with Gasteiger partial charge in [-0.2, -0.15) is 0 Å². The number of hydrogen-bond donors (Lipinski definition) is 7. The van der Waals surface area contributed by atoms with Gasteiger partial charge in [0.05, 0.1) is 48.3 Å². The van der Waals surface area contributed by atoms with E-state index in [-0.39, 0.29) is 40.6 Å². The number of fused-ring (bicyclic) bond motifs is 3. The summed E-state index contributed by atoms with van der Waals surface area (Å²) in [6.07, 6.45) is -0.555. The Morgan fingerprint density at radius 3 is 2.59 bits per heavy atom. The number of Topliss-reactive ketones (excluding diaryl/α,β-unsaturated/α-hetero) is 1. The number of phenols is 2. The largest absolute Gasteiger partial charge is 0.507 e. The fraction of sp³-hybridized carbons (Fsp3) is 0.452. The van der Waals surface area contributed by atoms with Crippen molar-refractivity contribution in [3.8, 4) is 17.2 Å². The van der Waals surface area contributed by atoms with Gasteiger partial charge >= 0.3 is 0 Å². The van der Waals surface area contributed by atoms with Crippen LogP contribution in [0.4, 0.5) is 0 Å². The molecular formula is C31H34N2O11. The number of phenolic OH excluding ortho intramolecular Hbond substituents is 2. The highest BCUT2D eigenvalue weighted by atomic mass is 16.7. The zero-order chi connectivity index (χ0) is 31.5. The van der Waals surface area contributed by atoms with Gasteiger partial charge in [0.2, 0.25) is 5.78 Å². The second-order valence-corrected chi connectivity index (χ2v) is 11.6. The summed E-state index contributed by atoms with van der Waals surface area (Å²) in [5, 5.41) is 61.5. The summed E-state index contributed by atoms with van der Waals surface area (Å²) in [5.41, 5.74) is -3.56. The van der Waals surface area contributed by atoms with E-state index in [1.807, 2.05) is 6.08 Å². The third kappa shape index (κ3) is 4.76. The van der Waals surface area contributed by atoms with Gasteiger partial charge in [-0.25, -0.2) is 0 Å². The second kappa shape index (κ2) is 11.3. The van der Waals surface area contributed by atoms with Crippen LogP contribution in [-0.4, -0.2) is 92.9 Å². The quantitative estimate of drug-likeness (QED) is 0.182. The number of benzene rings is 2. The topological polar surface area (TPSA) is 204 Å². The van der Waals surface area contributed by atoms with Crippen molar-refractivity contribution in [2.45, 2.75) is 75.0 Å². The third-order valence-electron chi connectivity index (χ3n) is 8.96. The van der Waals surface area contributed by atoms with Crippen LogP contribution in [0.5, 0.6) is 17.2 Å². The Kier molecular flexibility index (Phi) is 7.72. The lowest BCUT2D eigenvalue weighted by Gasteiger charge is -2.43. The van der Waals surface area contributed by atoms with Gasteiger partial charge in [-0.1, -0.05) is 18.2 Å². The minimum Gasteiger partial charge on any atom is -0.507 e. The number of hydrogen-bond acceptors (Lipinski definition) is 13. The molecule has 1 fully saturated rings. The number of carbonyl (C=O) groups excluding carboxylic acids is 3. The fourth-order valence-electron chi connectivity index (χ4n) is 6.71. The normalized spacial score (nSPS) is 30.8. The zero-order valence-electron chi connectivity index (χ0n) is 24.1. The molecule has 0 spiro atoms. The van der Waals surface area contributed by atoms with E-state index in [9.17, 15) is 39.9 Å². The van der Waals surface area contributed by atoms with Crippen LogP contribution in [0, 0.1) is 0 Å². The number of aliphatic hydroxyl groups excluding tert-OH is 2. The Hall–Kier alpha value is -3.85. The highest BCUT2D eigenvalue weighted by molar-refractivity contribution is 6.31. The van der Waals surface area contributed by atoms with E-state index >= 15 is 0 Å². The van der Waals surface area contributed by atoms with Gasteiger partial charge in [0.1, 0.15) is 29.5 Å². The summed E-state index contributed by atoms with van der Waals surface area (Å²) in [4.78, 5) is 40.2. The molecule has 1 saturated heterocycles. The van der Waals surface area contributed by atoms with Crippen LogP contribution in [0.25, 0.3) is 0 Å². The molecule has 13 nitrogen and oxygen atoms in total. The third-order valence-corrected chi connectivity index (χ3v) is 8.96. The minimum atomic E-state index is -2.25. The van der Waals surface area contributed by atoms with Crippen LogP contribution < -0.4 is 15.4 Å². The van der Waals surface area contributed by atoms with E-state index in [0.717, 1.165) is 0 Å². The summed E-state index contributed by atoms with van der Waals surface area (Å²) in [7, 11) is 1.33. The Morgan fingerprint density at radius 2 is 1.91 bits per heavy atom. The van der Waals surface area contributed by atoms with Crippen LogP contribution in [-0.2, 0) is 20.7 Å². The summed E-state index contributed by atoms with van der Waals surface area (Å²) < 4.78 is 17.5. The van der Waals surface area contributed by atoms with Crippen molar-refractivity contribution in [1.82, 2.24) is 10.6 Å². The van der Waals surface area contributed by atoms with Crippen molar-refractivity contribution >= 4 is 17.3 Å². The first-order chi connectivity index (χ1) is 21.0. The van der Waals surface area contributed by atoms with Crippen molar-refractivity contribution in [3.05, 3.63) is 63.9 Å². The molecule has 2 heterocycles. The molecule has 7 atom stereocenters. The number of carbonyl (C=O) groups is 3. The number of aromatic hydroxyl groups is 2. The molecule has 6 rings (SSSR count). The molecule has 5 unspecified atom stereocenters. The van der Waals surface area contributed by atoms with Gasteiger partial charge in [-0.3, -0.25) is 19.7 Å². The zero-order valence-corrected chi connectivity index (χ0v) is 24.1. The number of nitrogens with one attached hydrogen (secondary N) is 2. The van der Waals surface area contributed by atoms with Crippen molar-refractivity contribution in [2.75, 3.05) is 13.7 Å². The summed E-state index contributed by atoms with van der Waals surface area (Å²) in [6.45, 7) is 0.642. The maximum absolute atomic E-state index is 13.8. The highest BCUT2D eigenvalue weighted by Crippen LogP contribution is 2.52. The monoisotopic (exact) mass is 610 g/mol. The average molecular weight is 611 g/mol. The minimum absolute atomic E-state index is 0.0459. The van der Waals surface area contributed by atoms with Gasteiger partial charge in [0.25, 0.3) is 0 Å². The second-order valence-electron chi connectivity index (χ2n) is 11.6. The van der Waals surface area contributed by atoms with Gasteiger partial charge in [-0.15, -0.1) is 0 Å². The predicted molar refractivity (Wildman–Crippen MR) is 151 cm³/mol. The van der Waals surface area contributed by atoms with Crippen molar-refractivity contribution in [1.29, 1.82) is 0 Å². The smallest absolute Gasteiger partial charge is 0.202 e. The molecule has 7 N–H and O–H groups in total. The molecule has 0 amide bonds. The standard InChI is InChI=1S/C31H34N2O11/c1-13-26(36)16(33-20-7-4-8-32-20)9-21(43-13)44-18-11-31(41,19(35)12-34)10-15-23(18)30(40)25-24(28(15)38)27(37)14-5-3-6-17(42-2)22(14)29(25)39/h3-6,8,13,16,18,20-21,26,32-34,36,38,40-41H,7,9-12H2,1-2H3/t13?,16?,18-,20?,21?,26?,31-/m0/s1. The predicted octanol–water partition coefficient (Wildman–Crippen LogP) is 0.465. The van der Waals surface area contributed by atoms with Gasteiger partial charge in [0, 0.05) is 48.4 Å². The van der Waals surface area contributed by atoms with Crippen LogP contribution in [0.1, 0.15) is 75.3 Å². The molecule has 0 bridgehead atoms. The molecule has 44 heavy (non-hydrogen) atoms. The van der Waals surface area contributed by atoms with E-state index in [2.05, 4.69) is 10.6 Å². The molecule has 2 aliphatic carbocycles. The lowest BCUT2D eigenvalue weighted by atomic mass is 9.72. The SMILES string of the molecule is COc1cccc2c1C(=O)c1c(O)c3c(c(O)c1C2=O)C[C@@](O)(C(=O)CO)C[C@@H]3OC1CC(NC2CC=CN2)C(O)C(C)O1. The van der Waals surface area contributed by atoms with Crippen LogP contribution in [0.3, 0.4) is 0 Å². The first-order valence-corrected chi connectivity index (χ1v) is 14.4. The Morgan fingerprint density at radius 1 is 1.16 bits per heavy atom. The Bertz CT molecular complexity index is 1560. The van der Waals surface area contributed by atoms with E-state index < -0.39 is 95.7 Å². The molecule has 2 aromatic rings. The molecule has 2 aliphatic heterocycles. The van der Waals surface area contributed by atoms with Crippen molar-refractivity contribution < 1.29 is 54.1 Å². The number of methoxy groups -OCH3 is 1. The lowest BCUT2D eigenvalue weighted by Crippen LogP contribution is -2.58. The molecule has 13 heteroatoms. The molecule has 0 radical (unpaired) electrons. The van der Waals surface area contributed by atoms with E-state index in [1.165, 1.54) is 25.3 Å².